The molecule has 0 radical (unpaired) electrons. The number of hydrogen-bond acceptors (Lipinski definition) is 4. The molecule has 172 valence electrons. The number of benzene rings is 3. The minimum Gasteiger partial charge on any atom is -0.491 e. The van der Waals surface area contributed by atoms with Crippen LogP contribution in [0, 0.1) is 6.92 Å². The Morgan fingerprint density at radius 1 is 0.824 bits per heavy atom. The minimum absolute atomic E-state index is 0.0525. The van der Waals surface area contributed by atoms with Gasteiger partial charge in [-0.25, -0.2) is 4.90 Å². The second-order valence-corrected chi connectivity index (χ2v) is 9.03. The Morgan fingerprint density at radius 2 is 1.50 bits per heavy atom. The fourth-order valence-corrected chi connectivity index (χ4v) is 4.80. The van der Waals surface area contributed by atoms with Crippen molar-refractivity contribution in [1.29, 1.82) is 0 Å². The third-order valence-corrected chi connectivity index (χ3v) is 6.31. The number of ether oxygens (including phenoxy) is 1. The predicted octanol–water partition coefficient (Wildman–Crippen LogP) is 5.52. The molecule has 5 rings (SSSR count). The summed E-state index contributed by atoms with van der Waals surface area (Å²) in [6.07, 6.45) is 1.93. The molecule has 0 fully saturated rings. The molecule has 34 heavy (non-hydrogen) atoms. The molecule has 5 heteroatoms. The number of para-hydroxylation sites is 2. The van der Waals surface area contributed by atoms with Gasteiger partial charge in [-0.3, -0.25) is 9.59 Å². The highest BCUT2D eigenvalue weighted by molar-refractivity contribution is 6.46. The van der Waals surface area contributed by atoms with Gasteiger partial charge in [0, 0.05) is 12.2 Å². The maximum atomic E-state index is 14.0. The Kier molecular flexibility index (Phi) is 5.70. The van der Waals surface area contributed by atoms with E-state index in [-0.39, 0.29) is 17.9 Å². The maximum Gasteiger partial charge on any atom is 0.282 e. The van der Waals surface area contributed by atoms with Crippen molar-refractivity contribution in [3.8, 4) is 5.75 Å². The number of fused-ring (bicyclic) bond motifs is 1. The lowest BCUT2D eigenvalue weighted by molar-refractivity contribution is -0.120. The van der Waals surface area contributed by atoms with Crippen LogP contribution in [-0.4, -0.2) is 24.5 Å². The van der Waals surface area contributed by atoms with E-state index in [9.17, 15) is 9.59 Å². The van der Waals surface area contributed by atoms with E-state index in [4.69, 9.17) is 4.74 Å². The topological polar surface area (TPSA) is 49.9 Å². The van der Waals surface area contributed by atoms with E-state index in [1.54, 1.807) is 0 Å². The molecule has 0 aromatic heterocycles. The first-order valence-electron chi connectivity index (χ1n) is 11.8. The number of hydrogen-bond donors (Lipinski definition) is 0. The van der Waals surface area contributed by atoms with Crippen LogP contribution in [0.15, 0.2) is 78.5 Å². The fourth-order valence-electron chi connectivity index (χ4n) is 4.80. The summed E-state index contributed by atoms with van der Waals surface area (Å²) >= 11 is 0. The molecule has 0 spiro atoms. The van der Waals surface area contributed by atoms with Crippen molar-refractivity contribution in [3.05, 3.63) is 95.2 Å². The van der Waals surface area contributed by atoms with Crippen molar-refractivity contribution in [3.63, 3.8) is 0 Å². The molecule has 3 aromatic carbocycles. The van der Waals surface area contributed by atoms with Crippen molar-refractivity contribution in [2.24, 2.45) is 0 Å². The van der Waals surface area contributed by atoms with Crippen LogP contribution in [-0.2, 0) is 16.0 Å². The largest absolute Gasteiger partial charge is 0.491 e. The zero-order chi connectivity index (χ0) is 23.8. The van der Waals surface area contributed by atoms with Gasteiger partial charge in [0.15, 0.2) is 0 Å². The molecule has 0 bridgehead atoms. The van der Waals surface area contributed by atoms with Gasteiger partial charge in [-0.15, -0.1) is 0 Å². The summed E-state index contributed by atoms with van der Waals surface area (Å²) < 4.78 is 5.79. The van der Waals surface area contributed by atoms with Crippen LogP contribution in [0.2, 0.25) is 0 Å². The highest BCUT2D eigenvalue weighted by Crippen LogP contribution is 2.40. The summed E-state index contributed by atoms with van der Waals surface area (Å²) in [5.41, 5.74) is 5.27. The first-order valence-corrected chi connectivity index (χ1v) is 11.8. The van der Waals surface area contributed by atoms with Gasteiger partial charge in [0.25, 0.3) is 11.8 Å². The number of carbonyl (C=O) groups is 2. The Bertz CT molecular complexity index is 1290. The van der Waals surface area contributed by atoms with Crippen molar-refractivity contribution in [1.82, 2.24) is 0 Å². The van der Waals surface area contributed by atoms with Crippen molar-refractivity contribution >= 4 is 28.8 Å². The van der Waals surface area contributed by atoms with E-state index in [0.29, 0.717) is 29.1 Å². The first kappa shape index (κ1) is 22.0. The lowest BCUT2D eigenvalue weighted by Gasteiger charge is -2.32. The number of amides is 2. The lowest BCUT2D eigenvalue weighted by atomic mass is 9.98. The van der Waals surface area contributed by atoms with Crippen LogP contribution in [0.5, 0.6) is 5.75 Å². The molecule has 5 nitrogen and oxygen atoms in total. The quantitative estimate of drug-likeness (QED) is 0.479. The van der Waals surface area contributed by atoms with Crippen LogP contribution < -0.4 is 14.5 Å². The first-order chi connectivity index (χ1) is 16.5. The number of rotatable bonds is 5. The second kappa shape index (κ2) is 8.82. The molecule has 0 aliphatic carbocycles. The van der Waals surface area contributed by atoms with E-state index in [1.165, 1.54) is 10.5 Å². The highest BCUT2D eigenvalue weighted by Gasteiger charge is 2.44. The maximum absolute atomic E-state index is 14.0. The van der Waals surface area contributed by atoms with E-state index in [1.807, 2.05) is 92.4 Å². The Hall–Kier alpha value is -3.86. The van der Waals surface area contributed by atoms with E-state index >= 15 is 0 Å². The van der Waals surface area contributed by atoms with Gasteiger partial charge < -0.3 is 9.64 Å². The van der Waals surface area contributed by atoms with Gasteiger partial charge in [0.2, 0.25) is 0 Å². The molecule has 0 saturated carbocycles. The van der Waals surface area contributed by atoms with Gasteiger partial charge in [-0.1, -0.05) is 48.5 Å². The Morgan fingerprint density at radius 3 is 2.21 bits per heavy atom. The third-order valence-electron chi connectivity index (χ3n) is 6.31. The number of anilines is 2. The molecule has 0 unspecified atom stereocenters. The average molecular weight is 453 g/mol. The molecule has 2 aliphatic heterocycles. The highest BCUT2D eigenvalue weighted by atomic mass is 16.5. The van der Waals surface area contributed by atoms with Crippen molar-refractivity contribution in [2.75, 3.05) is 16.3 Å². The molecule has 0 saturated heterocycles. The molecule has 2 heterocycles. The number of carbonyl (C=O) groups excluding carboxylic acids is 2. The normalized spacial score (nSPS) is 15.9. The SMILES string of the molecule is Cc1ccccc1N1C(=O)C(c2ccc(OC(C)C)cc2)=C(N2CCCc3ccccc32)C1=O. The van der Waals surface area contributed by atoms with Crippen molar-refractivity contribution < 1.29 is 14.3 Å². The van der Waals surface area contributed by atoms with Gasteiger partial charge in [-0.05, 0) is 74.6 Å². The summed E-state index contributed by atoms with van der Waals surface area (Å²) in [4.78, 5) is 31.2. The monoisotopic (exact) mass is 452 g/mol. The van der Waals surface area contributed by atoms with Crippen LogP contribution in [0.3, 0.4) is 0 Å². The summed E-state index contributed by atoms with van der Waals surface area (Å²) in [5, 5.41) is 0. The Labute approximate surface area is 200 Å². The van der Waals surface area contributed by atoms with E-state index in [2.05, 4.69) is 6.07 Å². The standard InChI is InChI=1S/C29H28N2O3/c1-19(2)34-23-16-14-22(15-17-23)26-27(30-18-8-11-21-10-5-7-13-25(21)30)29(33)31(28(26)32)24-12-6-4-9-20(24)3/h4-7,9-10,12-17,19H,8,11,18H2,1-3H3. The minimum atomic E-state index is -0.296. The Balaban J connectivity index is 1.66. The molecule has 2 amide bonds. The number of nitrogens with zero attached hydrogens (tertiary/aromatic N) is 2. The third kappa shape index (κ3) is 3.77. The van der Waals surface area contributed by atoms with Gasteiger partial charge >= 0.3 is 0 Å². The molecular weight excluding hydrogens is 424 g/mol. The summed E-state index contributed by atoms with van der Waals surface area (Å²) in [6, 6.07) is 23.1. The van der Waals surface area contributed by atoms with E-state index in [0.717, 1.165) is 29.8 Å². The zero-order valence-electron chi connectivity index (χ0n) is 19.7. The predicted molar refractivity (Wildman–Crippen MR) is 135 cm³/mol. The zero-order valence-corrected chi connectivity index (χ0v) is 19.7. The smallest absolute Gasteiger partial charge is 0.282 e. The lowest BCUT2D eigenvalue weighted by Crippen LogP contribution is -2.37. The molecule has 0 atom stereocenters. The van der Waals surface area contributed by atoms with Crippen LogP contribution >= 0.6 is 0 Å². The second-order valence-electron chi connectivity index (χ2n) is 9.03. The van der Waals surface area contributed by atoms with Crippen LogP contribution in [0.4, 0.5) is 11.4 Å². The molecule has 0 N–H and O–H groups in total. The van der Waals surface area contributed by atoms with Crippen LogP contribution in [0.25, 0.3) is 5.57 Å². The average Bonchev–Trinajstić information content (AvgIpc) is 3.09. The number of aryl methyl sites for hydroxylation is 2. The summed E-state index contributed by atoms with van der Waals surface area (Å²) in [6.45, 7) is 6.55. The number of imide groups is 1. The van der Waals surface area contributed by atoms with Crippen LogP contribution in [0.1, 0.15) is 37.0 Å². The van der Waals surface area contributed by atoms with Gasteiger partial charge in [-0.2, -0.15) is 0 Å². The molecular formula is C29H28N2O3. The molecule has 2 aliphatic rings. The summed E-state index contributed by atoms with van der Waals surface area (Å²) in [5.74, 6) is 0.153. The fraction of sp³-hybridized carbons (Fsp3) is 0.241. The van der Waals surface area contributed by atoms with Crippen molar-refractivity contribution in [2.45, 2.75) is 39.7 Å². The molecule has 3 aromatic rings. The van der Waals surface area contributed by atoms with Gasteiger partial charge in [0.05, 0.1) is 17.4 Å². The van der Waals surface area contributed by atoms with Gasteiger partial charge in [0.1, 0.15) is 11.4 Å². The van der Waals surface area contributed by atoms with E-state index < -0.39 is 0 Å². The summed E-state index contributed by atoms with van der Waals surface area (Å²) in [7, 11) is 0.